The van der Waals surface area contributed by atoms with Crippen molar-refractivity contribution in [2.24, 2.45) is 11.5 Å². The predicted molar refractivity (Wildman–Crippen MR) is 45.5 cm³/mol. The van der Waals surface area contributed by atoms with Crippen LogP contribution in [0.15, 0.2) is 11.3 Å². The Kier molecular flexibility index (Phi) is 5.03. The van der Waals surface area contributed by atoms with E-state index in [0.29, 0.717) is 0 Å². The van der Waals surface area contributed by atoms with Crippen LogP contribution in [0.1, 0.15) is 33.1 Å². The van der Waals surface area contributed by atoms with Crippen molar-refractivity contribution >= 4 is 0 Å². The van der Waals surface area contributed by atoms with Crippen LogP contribution >= 0.6 is 0 Å². The highest BCUT2D eigenvalue weighted by atomic mass is 14.6. The van der Waals surface area contributed by atoms with Crippen molar-refractivity contribution in [1.82, 2.24) is 0 Å². The summed E-state index contributed by atoms with van der Waals surface area (Å²) >= 11 is 0. The lowest BCUT2D eigenvalue weighted by Crippen LogP contribution is -1.99. The maximum absolute atomic E-state index is 5.57. The number of unbranched alkanes of at least 4 members (excludes halogenated alkanes) is 1. The third-order valence-electron chi connectivity index (χ3n) is 1.68. The second kappa shape index (κ2) is 5.30. The Labute approximate surface area is 63.3 Å². The first-order valence-corrected chi connectivity index (χ1v) is 3.80. The summed E-state index contributed by atoms with van der Waals surface area (Å²) in [4.78, 5) is 0. The highest BCUT2D eigenvalue weighted by Crippen LogP contribution is 2.07. The number of rotatable bonds is 4. The van der Waals surface area contributed by atoms with Gasteiger partial charge in [0.15, 0.2) is 0 Å². The van der Waals surface area contributed by atoms with Gasteiger partial charge in [-0.25, -0.2) is 0 Å². The molecule has 0 radical (unpaired) electrons. The van der Waals surface area contributed by atoms with Gasteiger partial charge in [0.25, 0.3) is 0 Å². The molecule has 0 aliphatic heterocycles. The third-order valence-corrected chi connectivity index (χ3v) is 1.68. The highest BCUT2D eigenvalue weighted by Gasteiger charge is 1.91. The minimum Gasteiger partial charge on any atom is -0.402 e. The van der Waals surface area contributed by atoms with E-state index in [1.807, 2.05) is 6.92 Å². The molecule has 0 bridgehead atoms. The van der Waals surface area contributed by atoms with Crippen molar-refractivity contribution in [1.29, 1.82) is 0 Å². The van der Waals surface area contributed by atoms with Gasteiger partial charge >= 0.3 is 0 Å². The molecule has 0 aromatic heterocycles. The zero-order chi connectivity index (χ0) is 7.98. The molecule has 0 heterocycles. The van der Waals surface area contributed by atoms with E-state index in [-0.39, 0.29) is 0 Å². The van der Waals surface area contributed by atoms with Gasteiger partial charge in [-0.2, -0.15) is 0 Å². The van der Waals surface area contributed by atoms with E-state index < -0.39 is 0 Å². The molecular weight excluding hydrogens is 124 g/mol. The molecular formula is C8H18N2. The van der Waals surface area contributed by atoms with E-state index in [4.69, 9.17) is 11.5 Å². The lowest BCUT2D eigenvalue weighted by Gasteiger charge is -2.01. The molecule has 0 amide bonds. The molecule has 0 saturated heterocycles. The maximum Gasteiger partial charge on any atom is 0.00379 e. The maximum atomic E-state index is 5.57. The molecule has 0 aromatic rings. The molecule has 10 heavy (non-hydrogen) atoms. The van der Waals surface area contributed by atoms with E-state index in [1.165, 1.54) is 5.57 Å². The van der Waals surface area contributed by atoms with E-state index in [2.05, 4.69) is 6.92 Å². The first-order chi connectivity index (χ1) is 4.68. The van der Waals surface area contributed by atoms with Gasteiger partial charge in [-0.05, 0) is 39.7 Å². The quantitative estimate of drug-likeness (QED) is 0.582. The first kappa shape index (κ1) is 9.50. The van der Waals surface area contributed by atoms with Gasteiger partial charge in [0, 0.05) is 5.70 Å². The van der Waals surface area contributed by atoms with Crippen molar-refractivity contribution < 1.29 is 0 Å². The van der Waals surface area contributed by atoms with Crippen LogP contribution < -0.4 is 11.5 Å². The van der Waals surface area contributed by atoms with Crippen LogP contribution in [0.2, 0.25) is 0 Å². The highest BCUT2D eigenvalue weighted by molar-refractivity contribution is 5.04. The zero-order valence-corrected chi connectivity index (χ0v) is 6.98. The topological polar surface area (TPSA) is 52.0 Å². The second-order valence-corrected chi connectivity index (χ2v) is 2.71. The summed E-state index contributed by atoms with van der Waals surface area (Å²) in [5.74, 6) is 0. The molecule has 2 nitrogen and oxygen atoms in total. The first-order valence-electron chi connectivity index (χ1n) is 3.80. The van der Waals surface area contributed by atoms with Crippen molar-refractivity contribution in [2.75, 3.05) is 6.54 Å². The minimum atomic E-state index is 0.789. The van der Waals surface area contributed by atoms with Crippen molar-refractivity contribution in [3.05, 3.63) is 11.3 Å². The molecule has 0 unspecified atom stereocenters. The Morgan fingerprint density at radius 2 is 1.80 bits per heavy atom. The van der Waals surface area contributed by atoms with Gasteiger partial charge in [-0.3, -0.25) is 0 Å². The van der Waals surface area contributed by atoms with Crippen LogP contribution in [-0.2, 0) is 0 Å². The molecule has 0 aromatic carbocycles. The SMILES string of the molecule is C/C(N)=C(/C)CCCCN. The molecule has 2 heteroatoms. The lowest BCUT2D eigenvalue weighted by molar-refractivity contribution is 0.734. The van der Waals surface area contributed by atoms with Gasteiger partial charge in [-0.15, -0.1) is 0 Å². The fourth-order valence-electron chi connectivity index (χ4n) is 0.732. The average Bonchev–Trinajstić information content (AvgIpc) is 1.88. The molecule has 0 aliphatic carbocycles. The van der Waals surface area contributed by atoms with Crippen LogP contribution in [0.3, 0.4) is 0 Å². The standard InChI is InChI=1S/C8H18N2/c1-7(8(2)10)5-3-4-6-9/h3-6,9-10H2,1-2H3/b8-7+. The van der Waals surface area contributed by atoms with Crippen molar-refractivity contribution in [2.45, 2.75) is 33.1 Å². The summed E-state index contributed by atoms with van der Waals surface area (Å²) in [6.45, 7) is 4.81. The van der Waals surface area contributed by atoms with Crippen LogP contribution in [-0.4, -0.2) is 6.54 Å². The number of allylic oxidation sites excluding steroid dienone is 2. The summed E-state index contributed by atoms with van der Waals surface area (Å²) in [6, 6.07) is 0. The summed E-state index contributed by atoms with van der Waals surface area (Å²) < 4.78 is 0. The summed E-state index contributed by atoms with van der Waals surface area (Å²) in [7, 11) is 0. The predicted octanol–water partition coefficient (Wildman–Crippen LogP) is 1.37. The Morgan fingerprint density at radius 1 is 1.20 bits per heavy atom. The summed E-state index contributed by atoms with van der Waals surface area (Å²) in [6.07, 6.45) is 3.36. The van der Waals surface area contributed by atoms with Gasteiger partial charge in [-0.1, -0.05) is 5.57 Å². The Balaban J connectivity index is 3.40. The smallest absolute Gasteiger partial charge is 0.00379 e. The fourth-order valence-corrected chi connectivity index (χ4v) is 0.732. The van der Waals surface area contributed by atoms with E-state index in [1.54, 1.807) is 0 Å². The van der Waals surface area contributed by atoms with Crippen LogP contribution in [0, 0.1) is 0 Å². The zero-order valence-electron chi connectivity index (χ0n) is 6.98. The van der Waals surface area contributed by atoms with Crippen LogP contribution in [0.25, 0.3) is 0 Å². The van der Waals surface area contributed by atoms with E-state index >= 15 is 0 Å². The number of nitrogens with two attached hydrogens (primary N) is 2. The monoisotopic (exact) mass is 142 g/mol. The molecule has 4 N–H and O–H groups in total. The third kappa shape index (κ3) is 4.39. The van der Waals surface area contributed by atoms with Gasteiger partial charge in [0.2, 0.25) is 0 Å². The van der Waals surface area contributed by atoms with Crippen molar-refractivity contribution in [3.63, 3.8) is 0 Å². The minimum absolute atomic E-state index is 0.789. The van der Waals surface area contributed by atoms with Gasteiger partial charge in [0.05, 0.1) is 0 Å². The van der Waals surface area contributed by atoms with Crippen LogP contribution in [0.5, 0.6) is 0 Å². The number of hydrogen-bond acceptors (Lipinski definition) is 2. The average molecular weight is 142 g/mol. The van der Waals surface area contributed by atoms with Crippen LogP contribution in [0.4, 0.5) is 0 Å². The van der Waals surface area contributed by atoms with Crippen molar-refractivity contribution in [3.8, 4) is 0 Å². The molecule has 0 atom stereocenters. The summed E-state index contributed by atoms with van der Waals surface area (Å²) in [5.41, 5.74) is 13.2. The normalized spacial score (nSPS) is 13.1. The lowest BCUT2D eigenvalue weighted by atomic mass is 10.1. The largest absolute Gasteiger partial charge is 0.402 e. The Hall–Kier alpha value is -0.500. The molecule has 0 saturated carbocycles. The molecule has 60 valence electrons. The Morgan fingerprint density at radius 3 is 2.20 bits per heavy atom. The summed E-state index contributed by atoms with van der Waals surface area (Å²) in [5, 5.41) is 0. The van der Waals surface area contributed by atoms with E-state index in [9.17, 15) is 0 Å². The Bertz CT molecular complexity index is 112. The molecule has 0 spiro atoms. The van der Waals surface area contributed by atoms with Gasteiger partial charge < -0.3 is 11.5 Å². The molecule has 0 aliphatic rings. The fraction of sp³-hybridized carbons (Fsp3) is 0.750. The molecule has 0 rings (SSSR count). The van der Waals surface area contributed by atoms with Gasteiger partial charge in [0.1, 0.15) is 0 Å². The van der Waals surface area contributed by atoms with E-state index in [0.717, 1.165) is 31.5 Å². The number of hydrogen-bond donors (Lipinski definition) is 2. The second-order valence-electron chi connectivity index (χ2n) is 2.71. The molecule has 0 fully saturated rings.